The van der Waals surface area contributed by atoms with Crippen molar-refractivity contribution in [2.24, 2.45) is 5.10 Å². The smallest absolute Gasteiger partial charge is 0.262 e. The van der Waals surface area contributed by atoms with Crippen LogP contribution in [-0.2, 0) is 4.79 Å². The molecule has 0 aliphatic heterocycles. The van der Waals surface area contributed by atoms with Gasteiger partial charge in [0, 0.05) is 24.5 Å². The normalized spacial score (nSPS) is 12.1. The molecule has 0 heterocycles. The Balaban J connectivity index is 1.55. The van der Waals surface area contributed by atoms with Gasteiger partial charge in [-0.15, -0.1) is 0 Å². The molecule has 1 unspecified atom stereocenters. The molecule has 5 nitrogen and oxygen atoms in total. The van der Waals surface area contributed by atoms with Crippen LogP contribution < -0.4 is 15.6 Å². The van der Waals surface area contributed by atoms with Crippen molar-refractivity contribution in [1.82, 2.24) is 5.43 Å². The molecule has 3 aromatic carbocycles. The topological polar surface area (TPSA) is 56.7 Å². The maximum absolute atomic E-state index is 12.3. The summed E-state index contributed by atoms with van der Waals surface area (Å²) in [7, 11) is 0. The molecular formula is C24H28N4O. The average molecular weight is 389 g/mol. The first-order valence-electron chi connectivity index (χ1n) is 10.0. The van der Waals surface area contributed by atoms with Gasteiger partial charge >= 0.3 is 0 Å². The summed E-state index contributed by atoms with van der Waals surface area (Å²) in [6.07, 6.45) is 1.66. The minimum atomic E-state index is -0.404. The molecule has 1 atom stereocenters. The molecule has 0 aliphatic carbocycles. The third kappa shape index (κ3) is 5.35. The number of benzene rings is 3. The monoisotopic (exact) mass is 388 g/mol. The van der Waals surface area contributed by atoms with E-state index < -0.39 is 6.04 Å². The van der Waals surface area contributed by atoms with E-state index in [0.29, 0.717) is 0 Å². The van der Waals surface area contributed by atoms with Crippen molar-refractivity contribution in [2.75, 3.05) is 23.3 Å². The Morgan fingerprint density at radius 1 is 1.00 bits per heavy atom. The van der Waals surface area contributed by atoms with Crippen LogP contribution in [0.25, 0.3) is 10.8 Å². The highest BCUT2D eigenvalue weighted by Gasteiger charge is 2.11. The van der Waals surface area contributed by atoms with E-state index >= 15 is 0 Å². The molecule has 0 spiro atoms. The lowest BCUT2D eigenvalue weighted by atomic mass is 10.1. The Hall–Kier alpha value is -3.34. The number of anilines is 2. The van der Waals surface area contributed by atoms with Gasteiger partial charge in [0.05, 0.1) is 6.21 Å². The number of nitrogens with one attached hydrogen (secondary N) is 2. The number of fused-ring (bicyclic) bond motifs is 1. The summed E-state index contributed by atoms with van der Waals surface area (Å²) in [5, 5.41) is 9.62. The van der Waals surface area contributed by atoms with Crippen LogP contribution in [0, 0.1) is 0 Å². The average Bonchev–Trinajstić information content (AvgIpc) is 2.75. The summed E-state index contributed by atoms with van der Waals surface area (Å²) < 4.78 is 0. The van der Waals surface area contributed by atoms with Crippen LogP contribution in [0.5, 0.6) is 0 Å². The summed E-state index contributed by atoms with van der Waals surface area (Å²) in [4.78, 5) is 14.6. The fourth-order valence-electron chi connectivity index (χ4n) is 3.22. The third-order valence-electron chi connectivity index (χ3n) is 4.94. The number of amides is 1. The van der Waals surface area contributed by atoms with Crippen LogP contribution in [0.4, 0.5) is 11.4 Å². The second-order valence-electron chi connectivity index (χ2n) is 6.93. The molecule has 1 amide bonds. The highest BCUT2D eigenvalue weighted by molar-refractivity contribution is 5.89. The predicted molar refractivity (Wildman–Crippen MR) is 123 cm³/mol. The van der Waals surface area contributed by atoms with Crippen molar-refractivity contribution >= 4 is 34.3 Å². The van der Waals surface area contributed by atoms with Crippen LogP contribution in [0.3, 0.4) is 0 Å². The molecule has 0 radical (unpaired) electrons. The van der Waals surface area contributed by atoms with E-state index in [4.69, 9.17) is 0 Å². The molecule has 0 bridgehead atoms. The van der Waals surface area contributed by atoms with E-state index in [0.717, 1.165) is 29.7 Å². The van der Waals surface area contributed by atoms with E-state index in [9.17, 15) is 4.79 Å². The van der Waals surface area contributed by atoms with Crippen molar-refractivity contribution < 1.29 is 4.79 Å². The maximum Gasteiger partial charge on any atom is 0.262 e. The maximum atomic E-state index is 12.3. The van der Waals surface area contributed by atoms with Gasteiger partial charge in [0.15, 0.2) is 0 Å². The minimum absolute atomic E-state index is 0.186. The molecule has 0 saturated carbocycles. The molecular weight excluding hydrogens is 360 g/mol. The number of carbonyl (C=O) groups excluding carboxylic acids is 1. The standard InChI is InChI=1S/C24H28N4O/c1-4-28(5-2)23-14-10-19(11-15-23)17-25-27-24(29)18(3)26-22-13-12-20-8-6-7-9-21(20)16-22/h6-18,26H,4-5H2,1-3H3,(H,27,29)/b25-17+. The van der Waals surface area contributed by atoms with Crippen LogP contribution in [0.15, 0.2) is 71.8 Å². The molecule has 150 valence electrons. The Labute approximate surface area is 172 Å². The number of hydrazone groups is 1. The van der Waals surface area contributed by atoms with E-state index in [1.807, 2.05) is 49.4 Å². The van der Waals surface area contributed by atoms with E-state index in [2.05, 4.69) is 58.9 Å². The summed E-state index contributed by atoms with van der Waals surface area (Å²) >= 11 is 0. The summed E-state index contributed by atoms with van der Waals surface area (Å²) in [5.74, 6) is -0.186. The molecule has 2 N–H and O–H groups in total. The summed E-state index contributed by atoms with van der Waals surface area (Å²) in [6, 6.07) is 21.9. The third-order valence-corrected chi connectivity index (χ3v) is 4.94. The van der Waals surface area contributed by atoms with E-state index in [-0.39, 0.29) is 5.91 Å². The lowest BCUT2D eigenvalue weighted by molar-refractivity contribution is -0.121. The van der Waals surface area contributed by atoms with Gasteiger partial charge in [-0.05, 0) is 61.4 Å². The van der Waals surface area contributed by atoms with Crippen LogP contribution in [0.1, 0.15) is 26.3 Å². The lowest BCUT2D eigenvalue weighted by Gasteiger charge is -2.20. The molecule has 0 saturated heterocycles. The van der Waals surface area contributed by atoms with Gasteiger partial charge in [-0.1, -0.05) is 42.5 Å². The highest BCUT2D eigenvalue weighted by Crippen LogP contribution is 2.19. The summed E-state index contributed by atoms with van der Waals surface area (Å²) in [6.45, 7) is 8.05. The Morgan fingerprint density at radius 2 is 1.69 bits per heavy atom. The first-order chi connectivity index (χ1) is 14.1. The Bertz CT molecular complexity index is 978. The quantitative estimate of drug-likeness (QED) is 0.437. The van der Waals surface area contributed by atoms with Crippen molar-refractivity contribution in [3.63, 3.8) is 0 Å². The molecule has 29 heavy (non-hydrogen) atoms. The fraction of sp³-hybridized carbons (Fsp3) is 0.250. The number of hydrogen-bond donors (Lipinski definition) is 2. The van der Waals surface area contributed by atoms with Gasteiger partial charge in [-0.2, -0.15) is 5.10 Å². The number of nitrogens with zero attached hydrogens (tertiary/aromatic N) is 2. The fourth-order valence-corrected chi connectivity index (χ4v) is 3.22. The second-order valence-corrected chi connectivity index (χ2v) is 6.93. The first-order valence-corrected chi connectivity index (χ1v) is 10.0. The van der Waals surface area contributed by atoms with Gasteiger partial charge in [0.1, 0.15) is 6.04 Å². The van der Waals surface area contributed by atoms with Gasteiger partial charge in [-0.3, -0.25) is 4.79 Å². The summed E-state index contributed by atoms with van der Waals surface area (Å²) in [5.41, 5.74) is 5.64. The number of hydrogen-bond acceptors (Lipinski definition) is 4. The SMILES string of the molecule is CCN(CC)c1ccc(/C=N/NC(=O)C(C)Nc2ccc3ccccc3c2)cc1. The van der Waals surface area contributed by atoms with Gasteiger partial charge in [0.2, 0.25) is 0 Å². The minimum Gasteiger partial charge on any atom is -0.374 e. The van der Waals surface area contributed by atoms with Crippen molar-refractivity contribution in [1.29, 1.82) is 0 Å². The Kier molecular flexibility index (Phi) is 6.85. The predicted octanol–water partition coefficient (Wildman–Crippen LogP) is 4.64. The van der Waals surface area contributed by atoms with Gasteiger partial charge < -0.3 is 10.2 Å². The second kappa shape index (κ2) is 9.73. The van der Waals surface area contributed by atoms with Crippen molar-refractivity contribution in [2.45, 2.75) is 26.8 Å². The molecule has 0 aliphatic rings. The molecule has 3 rings (SSSR count). The van der Waals surface area contributed by atoms with Crippen molar-refractivity contribution in [3.05, 3.63) is 72.3 Å². The molecule has 5 heteroatoms. The van der Waals surface area contributed by atoms with Crippen LogP contribution in [0.2, 0.25) is 0 Å². The first kappa shape index (κ1) is 20.4. The Morgan fingerprint density at radius 3 is 2.38 bits per heavy atom. The molecule has 3 aromatic rings. The zero-order chi connectivity index (χ0) is 20.6. The molecule has 0 fully saturated rings. The number of carbonyl (C=O) groups is 1. The van der Waals surface area contributed by atoms with E-state index in [1.54, 1.807) is 6.21 Å². The van der Waals surface area contributed by atoms with E-state index in [1.165, 1.54) is 11.1 Å². The zero-order valence-corrected chi connectivity index (χ0v) is 17.2. The van der Waals surface area contributed by atoms with Crippen molar-refractivity contribution in [3.8, 4) is 0 Å². The van der Waals surface area contributed by atoms with Crippen LogP contribution >= 0.6 is 0 Å². The lowest BCUT2D eigenvalue weighted by Crippen LogP contribution is -2.34. The highest BCUT2D eigenvalue weighted by atomic mass is 16.2. The van der Waals surface area contributed by atoms with Crippen LogP contribution in [-0.4, -0.2) is 31.3 Å². The van der Waals surface area contributed by atoms with Gasteiger partial charge in [-0.25, -0.2) is 5.43 Å². The largest absolute Gasteiger partial charge is 0.374 e. The van der Waals surface area contributed by atoms with Gasteiger partial charge in [0.25, 0.3) is 5.91 Å². The number of rotatable bonds is 8. The molecule has 0 aromatic heterocycles. The zero-order valence-electron chi connectivity index (χ0n) is 17.2.